The summed E-state index contributed by atoms with van der Waals surface area (Å²) in [5.41, 5.74) is 0.703. The zero-order chi connectivity index (χ0) is 10.0. The first kappa shape index (κ1) is 9.77. The summed E-state index contributed by atoms with van der Waals surface area (Å²) in [5.74, 6) is -0.438. The normalized spacial score (nSPS) is 21.8. The number of carbonyl (C=O) groups excluding carboxylic acids is 2. The molecule has 0 radical (unpaired) electrons. The van der Waals surface area contributed by atoms with E-state index in [1.807, 2.05) is 6.92 Å². The first-order chi connectivity index (χ1) is 6.06. The van der Waals surface area contributed by atoms with E-state index in [0.29, 0.717) is 12.0 Å². The van der Waals surface area contributed by atoms with Crippen molar-refractivity contribution in [2.24, 2.45) is 0 Å². The lowest BCUT2D eigenvalue weighted by Crippen LogP contribution is -2.33. The molecule has 1 atom stereocenters. The predicted octanol–water partition coefficient (Wildman–Crippen LogP) is 0.684. The third kappa shape index (κ3) is 1.88. The Bertz CT molecular complexity index is 270. The summed E-state index contributed by atoms with van der Waals surface area (Å²) in [6.07, 6.45) is 1.84. The van der Waals surface area contributed by atoms with Crippen LogP contribution in [-0.4, -0.2) is 30.1 Å². The summed E-state index contributed by atoms with van der Waals surface area (Å²) in [5, 5.41) is 0. The Morgan fingerprint density at radius 1 is 1.69 bits per heavy atom. The van der Waals surface area contributed by atoms with Crippen molar-refractivity contribution in [1.29, 1.82) is 0 Å². The Hall–Kier alpha value is -1.32. The van der Waals surface area contributed by atoms with Crippen LogP contribution in [0.2, 0.25) is 0 Å². The van der Waals surface area contributed by atoms with Crippen LogP contribution in [0.25, 0.3) is 0 Å². The van der Waals surface area contributed by atoms with E-state index in [4.69, 9.17) is 4.74 Å². The zero-order valence-corrected chi connectivity index (χ0v) is 8.03. The van der Waals surface area contributed by atoms with Crippen molar-refractivity contribution in [2.75, 3.05) is 7.05 Å². The molecule has 0 N–H and O–H groups in total. The molecule has 1 unspecified atom stereocenters. The summed E-state index contributed by atoms with van der Waals surface area (Å²) in [4.78, 5) is 23.5. The van der Waals surface area contributed by atoms with Crippen LogP contribution in [0.1, 0.15) is 20.3 Å². The molecule has 0 saturated carbocycles. The fourth-order valence-electron chi connectivity index (χ4n) is 1.25. The maximum Gasteiger partial charge on any atom is 0.304 e. The van der Waals surface area contributed by atoms with Gasteiger partial charge < -0.3 is 9.64 Å². The minimum atomic E-state index is -0.514. The molecule has 1 aliphatic heterocycles. The number of rotatable bonds is 2. The smallest absolute Gasteiger partial charge is 0.304 e. The Labute approximate surface area is 77.2 Å². The lowest BCUT2D eigenvalue weighted by molar-refractivity contribution is -0.153. The van der Waals surface area contributed by atoms with Crippen LogP contribution in [0, 0.1) is 0 Å². The molecular formula is C9H13NO3. The number of likely N-dealkylation sites (N-methyl/N-ethyl adjacent to an activating group) is 1. The van der Waals surface area contributed by atoms with Crippen molar-refractivity contribution in [3.63, 3.8) is 0 Å². The van der Waals surface area contributed by atoms with Gasteiger partial charge in [-0.1, -0.05) is 6.92 Å². The average molecular weight is 183 g/mol. The second-order valence-corrected chi connectivity index (χ2v) is 2.96. The van der Waals surface area contributed by atoms with E-state index in [1.165, 1.54) is 11.8 Å². The Morgan fingerprint density at radius 3 is 2.69 bits per heavy atom. The van der Waals surface area contributed by atoms with Gasteiger partial charge in [-0.15, -0.1) is 0 Å². The predicted molar refractivity (Wildman–Crippen MR) is 46.7 cm³/mol. The first-order valence-corrected chi connectivity index (χ1v) is 4.21. The van der Waals surface area contributed by atoms with E-state index >= 15 is 0 Å². The van der Waals surface area contributed by atoms with Crippen molar-refractivity contribution in [3.05, 3.63) is 11.6 Å². The molecule has 1 heterocycles. The summed E-state index contributed by atoms with van der Waals surface area (Å²) in [6, 6.07) is 0. The van der Waals surface area contributed by atoms with Gasteiger partial charge in [0.15, 0.2) is 6.23 Å². The Kier molecular flexibility index (Phi) is 2.70. The van der Waals surface area contributed by atoms with Gasteiger partial charge in [-0.2, -0.15) is 0 Å². The lowest BCUT2D eigenvalue weighted by Gasteiger charge is -2.18. The van der Waals surface area contributed by atoms with Crippen molar-refractivity contribution >= 4 is 11.9 Å². The highest BCUT2D eigenvalue weighted by Gasteiger charge is 2.29. The van der Waals surface area contributed by atoms with Crippen LogP contribution in [0.4, 0.5) is 0 Å². The Morgan fingerprint density at radius 2 is 2.31 bits per heavy atom. The number of nitrogens with zero attached hydrogens (tertiary/aromatic N) is 1. The molecule has 0 aliphatic carbocycles. The number of hydrogen-bond acceptors (Lipinski definition) is 3. The van der Waals surface area contributed by atoms with Crippen LogP contribution in [0.15, 0.2) is 11.6 Å². The minimum Gasteiger partial charge on any atom is -0.438 e. The molecule has 1 rings (SSSR count). The maximum atomic E-state index is 11.4. The van der Waals surface area contributed by atoms with Crippen molar-refractivity contribution in [2.45, 2.75) is 26.5 Å². The molecule has 0 aromatic carbocycles. The van der Waals surface area contributed by atoms with Gasteiger partial charge in [0, 0.05) is 19.5 Å². The van der Waals surface area contributed by atoms with Crippen LogP contribution in [-0.2, 0) is 14.3 Å². The standard InChI is InChI=1S/C9H13NO3/c1-4-7-5-8(13-6(2)11)10(3)9(7)12/h5,8H,4H2,1-3H3. The fraction of sp³-hybridized carbons (Fsp3) is 0.556. The van der Waals surface area contributed by atoms with E-state index < -0.39 is 6.23 Å². The van der Waals surface area contributed by atoms with Gasteiger partial charge in [0.1, 0.15) is 0 Å². The molecule has 4 nitrogen and oxygen atoms in total. The van der Waals surface area contributed by atoms with E-state index in [0.717, 1.165) is 0 Å². The van der Waals surface area contributed by atoms with Gasteiger partial charge >= 0.3 is 5.97 Å². The number of carbonyl (C=O) groups is 2. The van der Waals surface area contributed by atoms with Gasteiger partial charge in [-0.3, -0.25) is 9.59 Å². The quantitative estimate of drug-likeness (QED) is 0.591. The maximum absolute atomic E-state index is 11.4. The van der Waals surface area contributed by atoms with Crippen molar-refractivity contribution in [3.8, 4) is 0 Å². The zero-order valence-electron chi connectivity index (χ0n) is 8.03. The molecule has 0 saturated heterocycles. The fourth-order valence-corrected chi connectivity index (χ4v) is 1.25. The van der Waals surface area contributed by atoms with Crippen LogP contribution in [0.3, 0.4) is 0 Å². The number of ether oxygens (including phenoxy) is 1. The van der Waals surface area contributed by atoms with Crippen LogP contribution >= 0.6 is 0 Å². The van der Waals surface area contributed by atoms with E-state index in [1.54, 1.807) is 13.1 Å². The first-order valence-electron chi connectivity index (χ1n) is 4.21. The van der Waals surface area contributed by atoms with Crippen molar-refractivity contribution in [1.82, 2.24) is 4.90 Å². The largest absolute Gasteiger partial charge is 0.438 e. The monoisotopic (exact) mass is 183 g/mol. The molecule has 13 heavy (non-hydrogen) atoms. The van der Waals surface area contributed by atoms with Crippen molar-refractivity contribution < 1.29 is 14.3 Å². The topological polar surface area (TPSA) is 46.6 Å². The third-order valence-electron chi connectivity index (χ3n) is 1.99. The molecule has 4 heteroatoms. The molecule has 1 amide bonds. The third-order valence-corrected chi connectivity index (χ3v) is 1.99. The van der Waals surface area contributed by atoms with Crippen LogP contribution < -0.4 is 0 Å². The van der Waals surface area contributed by atoms with E-state index in [2.05, 4.69) is 0 Å². The average Bonchev–Trinajstić information content (AvgIpc) is 2.32. The Balaban J connectivity index is 2.73. The molecule has 0 spiro atoms. The summed E-state index contributed by atoms with van der Waals surface area (Å²) < 4.78 is 4.92. The molecule has 0 aromatic rings. The lowest BCUT2D eigenvalue weighted by atomic mass is 10.2. The second-order valence-electron chi connectivity index (χ2n) is 2.96. The van der Waals surface area contributed by atoms with Gasteiger partial charge in [-0.25, -0.2) is 0 Å². The molecule has 0 aromatic heterocycles. The molecular weight excluding hydrogens is 170 g/mol. The summed E-state index contributed by atoms with van der Waals surface area (Å²) in [6.45, 7) is 3.23. The SMILES string of the molecule is CCC1=CC(OC(C)=O)N(C)C1=O. The molecule has 72 valence electrons. The number of amides is 1. The summed E-state index contributed by atoms with van der Waals surface area (Å²) >= 11 is 0. The summed E-state index contributed by atoms with van der Waals surface area (Å²) in [7, 11) is 1.62. The van der Waals surface area contributed by atoms with Gasteiger partial charge in [0.2, 0.25) is 0 Å². The molecule has 1 aliphatic rings. The minimum absolute atomic E-state index is 0.0613. The van der Waals surface area contributed by atoms with E-state index in [-0.39, 0.29) is 11.9 Å². The molecule has 0 bridgehead atoms. The van der Waals surface area contributed by atoms with Gasteiger partial charge in [0.05, 0.1) is 0 Å². The molecule has 0 fully saturated rings. The second kappa shape index (κ2) is 3.60. The van der Waals surface area contributed by atoms with E-state index in [9.17, 15) is 9.59 Å². The van der Waals surface area contributed by atoms with Gasteiger partial charge in [0.25, 0.3) is 5.91 Å². The number of esters is 1. The highest BCUT2D eigenvalue weighted by molar-refractivity contribution is 5.96. The number of hydrogen-bond donors (Lipinski definition) is 0. The van der Waals surface area contributed by atoms with Gasteiger partial charge in [-0.05, 0) is 12.5 Å². The highest BCUT2D eigenvalue weighted by Crippen LogP contribution is 2.19. The van der Waals surface area contributed by atoms with Crippen LogP contribution in [0.5, 0.6) is 0 Å². The highest BCUT2D eigenvalue weighted by atomic mass is 16.6.